The second-order valence-corrected chi connectivity index (χ2v) is 1.89. The SMILES string of the molecule is Cc1n[nH]nc1CCN. The molecular formula is C5H10N4. The van der Waals surface area contributed by atoms with Gasteiger partial charge < -0.3 is 5.73 Å². The Hall–Kier alpha value is -0.900. The van der Waals surface area contributed by atoms with Gasteiger partial charge in [-0.25, -0.2) is 0 Å². The number of aromatic nitrogens is 3. The standard InChI is InChI=1S/C5H10N4/c1-4-5(2-3-6)8-9-7-4/h2-3,6H2,1H3,(H,7,8,9). The highest BCUT2D eigenvalue weighted by Crippen LogP contribution is 1.96. The van der Waals surface area contributed by atoms with Crippen LogP contribution in [0.25, 0.3) is 0 Å². The van der Waals surface area contributed by atoms with E-state index in [1.165, 1.54) is 0 Å². The summed E-state index contributed by atoms with van der Waals surface area (Å²) in [5.74, 6) is 0. The normalized spacial score (nSPS) is 10.0. The first kappa shape index (κ1) is 6.22. The Morgan fingerprint density at radius 2 is 2.33 bits per heavy atom. The van der Waals surface area contributed by atoms with Gasteiger partial charge in [-0.2, -0.15) is 15.4 Å². The molecule has 3 N–H and O–H groups in total. The van der Waals surface area contributed by atoms with Gasteiger partial charge in [-0.3, -0.25) is 0 Å². The van der Waals surface area contributed by atoms with Gasteiger partial charge in [0.05, 0.1) is 11.4 Å². The minimum Gasteiger partial charge on any atom is -0.330 e. The zero-order chi connectivity index (χ0) is 6.69. The van der Waals surface area contributed by atoms with Crippen molar-refractivity contribution in [2.24, 2.45) is 5.73 Å². The van der Waals surface area contributed by atoms with Crippen molar-refractivity contribution >= 4 is 0 Å². The third-order valence-electron chi connectivity index (χ3n) is 1.20. The fraction of sp³-hybridized carbons (Fsp3) is 0.600. The minimum absolute atomic E-state index is 0.632. The van der Waals surface area contributed by atoms with Gasteiger partial charge in [0.25, 0.3) is 0 Å². The molecule has 0 saturated heterocycles. The summed E-state index contributed by atoms with van der Waals surface area (Å²) in [6.07, 6.45) is 0.808. The van der Waals surface area contributed by atoms with E-state index >= 15 is 0 Å². The van der Waals surface area contributed by atoms with Crippen LogP contribution in [0.5, 0.6) is 0 Å². The van der Waals surface area contributed by atoms with Gasteiger partial charge in [0, 0.05) is 6.42 Å². The van der Waals surface area contributed by atoms with Crippen LogP contribution in [-0.2, 0) is 6.42 Å². The molecule has 1 aromatic rings. The van der Waals surface area contributed by atoms with Crippen LogP contribution in [-0.4, -0.2) is 22.0 Å². The van der Waals surface area contributed by atoms with Crippen LogP contribution in [0.15, 0.2) is 0 Å². The molecule has 1 rings (SSSR count). The average molecular weight is 126 g/mol. The summed E-state index contributed by atoms with van der Waals surface area (Å²) < 4.78 is 0. The number of hydrogen-bond acceptors (Lipinski definition) is 3. The van der Waals surface area contributed by atoms with Crippen molar-refractivity contribution in [2.45, 2.75) is 13.3 Å². The monoisotopic (exact) mass is 126 g/mol. The van der Waals surface area contributed by atoms with E-state index < -0.39 is 0 Å². The predicted molar refractivity (Wildman–Crippen MR) is 33.9 cm³/mol. The van der Waals surface area contributed by atoms with E-state index in [1.807, 2.05) is 6.92 Å². The quantitative estimate of drug-likeness (QED) is 0.567. The van der Waals surface area contributed by atoms with Crippen LogP contribution in [0.3, 0.4) is 0 Å². The summed E-state index contributed by atoms with van der Waals surface area (Å²) >= 11 is 0. The molecule has 0 fully saturated rings. The summed E-state index contributed by atoms with van der Waals surface area (Å²) in [6, 6.07) is 0. The lowest BCUT2D eigenvalue weighted by Gasteiger charge is -1.88. The van der Waals surface area contributed by atoms with Crippen LogP contribution in [0.1, 0.15) is 11.4 Å². The Kier molecular flexibility index (Phi) is 1.79. The molecule has 0 saturated carbocycles. The number of hydrogen-bond donors (Lipinski definition) is 2. The third-order valence-corrected chi connectivity index (χ3v) is 1.20. The van der Waals surface area contributed by atoms with E-state index in [4.69, 9.17) is 5.73 Å². The van der Waals surface area contributed by atoms with Crippen molar-refractivity contribution < 1.29 is 0 Å². The molecule has 0 bridgehead atoms. The molecule has 9 heavy (non-hydrogen) atoms. The Morgan fingerprint density at radius 3 is 2.78 bits per heavy atom. The topological polar surface area (TPSA) is 67.6 Å². The maximum atomic E-state index is 5.31. The summed E-state index contributed by atoms with van der Waals surface area (Å²) in [5.41, 5.74) is 7.22. The lowest BCUT2D eigenvalue weighted by Crippen LogP contribution is -2.03. The van der Waals surface area contributed by atoms with Crippen LogP contribution >= 0.6 is 0 Å². The molecule has 0 aliphatic heterocycles. The van der Waals surface area contributed by atoms with E-state index in [1.54, 1.807) is 0 Å². The zero-order valence-corrected chi connectivity index (χ0v) is 5.39. The molecular weight excluding hydrogens is 116 g/mol. The summed E-state index contributed by atoms with van der Waals surface area (Å²) in [7, 11) is 0. The molecule has 0 atom stereocenters. The molecule has 0 aliphatic carbocycles. The molecule has 0 amide bonds. The van der Waals surface area contributed by atoms with E-state index in [0.29, 0.717) is 6.54 Å². The van der Waals surface area contributed by atoms with Gasteiger partial charge in [0.2, 0.25) is 0 Å². The fourth-order valence-corrected chi connectivity index (χ4v) is 0.679. The first-order valence-corrected chi connectivity index (χ1v) is 2.91. The first-order chi connectivity index (χ1) is 4.34. The molecule has 0 radical (unpaired) electrons. The summed E-state index contributed by atoms with van der Waals surface area (Å²) in [4.78, 5) is 0. The molecule has 0 spiro atoms. The van der Waals surface area contributed by atoms with Crippen molar-refractivity contribution in [1.82, 2.24) is 15.4 Å². The molecule has 0 unspecified atom stereocenters. The third kappa shape index (κ3) is 1.26. The number of rotatable bonds is 2. The minimum atomic E-state index is 0.632. The number of aryl methyl sites for hydroxylation is 1. The van der Waals surface area contributed by atoms with Gasteiger partial charge >= 0.3 is 0 Å². The largest absolute Gasteiger partial charge is 0.330 e. The highest BCUT2D eigenvalue weighted by molar-refractivity contribution is 5.05. The highest BCUT2D eigenvalue weighted by atomic mass is 15.3. The van der Waals surface area contributed by atoms with Gasteiger partial charge in [0.15, 0.2) is 0 Å². The molecule has 0 aromatic carbocycles. The van der Waals surface area contributed by atoms with Crippen LogP contribution in [0, 0.1) is 6.92 Å². The lowest BCUT2D eigenvalue weighted by molar-refractivity contribution is 0.877. The van der Waals surface area contributed by atoms with Crippen molar-refractivity contribution in [1.29, 1.82) is 0 Å². The lowest BCUT2D eigenvalue weighted by atomic mass is 10.3. The molecule has 1 heterocycles. The predicted octanol–water partition coefficient (Wildman–Crippen LogP) is -0.386. The van der Waals surface area contributed by atoms with Crippen LogP contribution in [0.2, 0.25) is 0 Å². The summed E-state index contributed by atoms with van der Waals surface area (Å²) in [5, 5.41) is 10.3. The zero-order valence-electron chi connectivity index (χ0n) is 5.39. The smallest absolute Gasteiger partial charge is 0.0866 e. The number of nitrogens with one attached hydrogen (secondary N) is 1. The molecule has 50 valence electrons. The molecule has 4 heteroatoms. The van der Waals surface area contributed by atoms with E-state index in [0.717, 1.165) is 17.8 Å². The Morgan fingerprint density at radius 1 is 1.56 bits per heavy atom. The van der Waals surface area contributed by atoms with Crippen molar-refractivity contribution in [2.75, 3.05) is 6.54 Å². The van der Waals surface area contributed by atoms with Crippen molar-refractivity contribution in [3.63, 3.8) is 0 Å². The average Bonchev–Trinajstić information content (AvgIpc) is 2.18. The molecule has 4 nitrogen and oxygen atoms in total. The van der Waals surface area contributed by atoms with Gasteiger partial charge in [0.1, 0.15) is 0 Å². The fourth-order valence-electron chi connectivity index (χ4n) is 0.679. The number of nitrogens with zero attached hydrogens (tertiary/aromatic N) is 2. The van der Waals surface area contributed by atoms with E-state index in [9.17, 15) is 0 Å². The second kappa shape index (κ2) is 2.59. The Balaban J connectivity index is 2.69. The van der Waals surface area contributed by atoms with Gasteiger partial charge in [-0.05, 0) is 13.5 Å². The number of H-pyrrole nitrogens is 1. The Bertz CT molecular complexity index is 181. The van der Waals surface area contributed by atoms with Crippen LogP contribution in [0.4, 0.5) is 0 Å². The summed E-state index contributed by atoms with van der Waals surface area (Å²) in [6.45, 7) is 2.54. The maximum Gasteiger partial charge on any atom is 0.0866 e. The highest BCUT2D eigenvalue weighted by Gasteiger charge is 1.98. The number of aromatic amines is 1. The second-order valence-electron chi connectivity index (χ2n) is 1.89. The van der Waals surface area contributed by atoms with Crippen LogP contribution < -0.4 is 5.73 Å². The van der Waals surface area contributed by atoms with E-state index in [2.05, 4.69) is 15.4 Å². The maximum absolute atomic E-state index is 5.31. The van der Waals surface area contributed by atoms with E-state index in [-0.39, 0.29) is 0 Å². The van der Waals surface area contributed by atoms with Crippen molar-refractivity contribution in [3.05, 3.63) is 11.4 Å². The number of nitrogens with two attached hydrogens (primary N) is 1. The Labute approximate surface area is 53.5 Å². The van der Waals surface area contributed by atoms with Crippen molar-refractivity contribution in [3.8, 4) is 0 Å². The van der Waals surface area contributed by atoms with Gasteiger partial charge in [-0.1, -0.05) is 0 Å². The first-order valence-electron chi connectivity index (χ1n) is 2.91. The van der Waals surface area contributed by atoms with Gasteiger partial charge in [-0.15, -0.1) is 0 Å². The molecule has 1 aromatic heterocycles. The molecule has 0 aliphatic rings.